The summed E-state index contributed by atoms with van der Waals surface area (Å²) >= 11 is 0. The molecular weight excluding hydrogens is 216 g/mol. The topological polar surface area (TPSA) is 53.4 Å². The molecular formula is C13H12N2O2. The molecule has 0 aliphatic carbocycles. The van der Waals surface area contributed by atoms with Crippen LogP contribution in [0.5, 0.6) is 0 Å². The van der Waals surface area contributed by atoms with Gasteiger partial charge in [0.1, 0.15) is 0 Å². The monoisotopic (exact) mass is 228 g/mol. The van der Waals surface area contributed by atoms with Gasteiger partial charge in [0.15, 0.2) is 0 Å². The van der Waals surface area contributed by atoms with Gasteiger partial charge in [0.2, 0.25) is 0 Å². The maximum atomic E-state index is 10.7. The van der Waals surface area contributed by atoms with E-state index in [0.717, 1.165) is 11.1 Å². The van der Waals surface area contributed by atoms with Crippen LogP contribution in [-0.2, 0) is 0 Å². The van der Waals surface area contributed by atoms with Gasteiger partial charge in [-0.1, -0.05) is 17.9 Å². The first-order valence-corrected chi connectivity index (χ1v) is 5.34. The molecule has 0 saturated heterocycles. The van der Waals surface area contributed by atoms with Crippen molar-refractivity contribution in [3.63, 3.8) is 0 Å². The molecule has 1 aliphatic rings. The van der Waals surface area contributed by atoms with Gasteiger partial charge in [0.05, 0.1) is 0 Å². The Labute approximate surface area is 99.6 Å². The van der Waals surface area contributed by atoms with Gasteiger partial charge in [-0.05, 0) is 18.6 Å². The number of hydrogen-bond donors (Lipinski definition) is 1. The molecule has 1 N–H and O–H groups in total. The van der Waals surface area contributed by atoms with Crippen LogP contribution in [0.2, 0.25) is 0 Å². The van der Waals surface area contributed by atoms with E-state index in [9.17, 15) is 4.79 Å². The van der Waals surface area contributed by atoms with Crippen LogP contribution >= 0.6 is 0 Å². The van der Waals surface area contributed by atoms with Crippen LogP contribution in [0.15, 0.2) is 36.2 Å². The summed E-state index contributed by atoms with van der Waals surface area (Å²) in [4.78, 5) is 16.0. The van der Waals surface area contributed by atoms with Crippen LogP contribution in [-0.4, -0.2) is 34.2 Å². The average Bonchev–Trinajstić information content (AvgIpc) is 2.38. The molecule has 86 valence electrons. The van der Waals surface area contributed by atoms with E-state index >= 15 is 0 Å². The first kappa shape index (κ1) is 11.2. The van der Waals surface area contributed by atoms with E-state index in [1.165, 1.54) is 4.90 Å². The summed E-state index contributed by atoms with van der Waals surface area (Å²) < 4.78 is 0. The van der Waals surface area contributed by atoms with Crippen molar-refractivity contribution in [1.29, 1.82) is 0 Å². The van der Waals surface area contributed by atoms with E-state index < -0.39 is 6.09 Å². The molecule has 0 fully saturated rings. The minimum absolute atomic E-state index is 0.426. The lowest BCUT2D eigenvalue weighted by Crippen LogP contribution is -2.33. The number of carboxylic acid groups (broad SMARTS) is 1. The molecule has 0 bridgehead atoms. The van der Waals surface area contributed by atoms with Gasteiger partial charge in [0, 0.05) is 36.6 Å². The van der Waals surface area contributed by atoms with Crippen LogP contribution in [0.1, 0.15) is 12.0 Å². The Morgan fingerprint density at radius 3 is 2.71 bits per heavy atom. The molecule has 0 spiro atoms. The van der Waals surface area contributed by atoms with Gasteiger partial charge in [-0.15, -0.1) is 0 Å². The van der Waals surface area contributed by atoms with Crippen molar-refractivity contribution in [1.82, 2.24) is 9.88 Å². The molecule has 2 rings (SSSR count). The van der Waals surface area contributed by atoms with Crippen molar-refractivity contribution in [2.45, 2.75) is 6.42 Å². The van der Waals surface area contributed by atoms with E-state index in [0.29, 0.717) is 19.5 Å². The molecule has 0 atom stereocenters. The lowest BCUT2D eigenvalue weighted by atomic mass is 10.1. The first-order valence-electron chi connectivity index (χ1n) is 5.34. The summed E-state index contributed by atoms with van der Waals surface area (Å²) in [7, 11) is 0. The number of pyridine rings is 1. The predicted molar refractivity (Wildman–Crippen MR) is 63.4 cm³/mol. The summed E-state index contributed by atoms with van der Waals surface area (Å²) in [5.41, 5.74) is 1.92. The van der Waals surface area contributed by atoms with Gasteiger partial charge in [0.25, 0.3) is 0 Å². The van der Waals surface area contributed by atoms with Crippen LogP contribution in [0, 0.1) is 11.8 Å². The fourth-order valence-electron chi connectivity index (χ4n) is 1.54. The zero-order valence-electron chi connectivity index (χ0n) is 9.26. The second-order valence-corrected chi connectivity index (χ2v) is 3.69. The molecule has 0 radical (unpaired) electrons. The van der Waals surface area contributed by atoms with Gasteiger partial charge >= 0.3 is 6.09 Å². The largest absolute Gasteiger partial charge is 0.465 e. The molecule has 0 aromatic carbocycles. The third-order valence-electron chi connectivity index (χ3n) is 2.53. The quantitative estimate of drug-likeness (QED) is 0.688. The van der Waals surface area contributed by atoms with Crippen molar-refractivity contribution in [3.05, 3.63) is 41.7 Å². The molecule has 1 aliphatic heterocycles. The lowest BCUT2D eigenvalue weighted by molar-refractivity contribution is 0.149. The Balaban J connectivity index is 2.03. The number of aromatic nitrogens is 1. The predicted octanol–water partition coefficient (Wildman–Crippen LogP) is 1.74. The average molecular weight is 228 g/mol. The Kier molecular flexibility index (Phi) is 3.41. The lowest BCUT2D eigenvalue weighted by Gasteiger charge is -2.21. The SMILES string of the molecule is O=C(O)N1CC=C(C#Cc2ccncc2)CC1. The standard InChI is InChI=1S/C13H12N2O2/c16-13(17)15-9-5-12(6-10-15)2-1-11-3-7-14-8-4-11/h3-5,7-8H,6,9-10H2,(H,16,17). The summed E-state index contributed by atoms with van der Waals surface area (Å²) in [6, 6.07) is 3.69. The number of rotatable bonds is 0. The van der Waals surface area contributed by atoms with E-state index in [1.54, 1.807) is 12.4 Å². The van der Waals surface area contributed by atoms with Gasteiger partial charge in [-0.2, -0.15) is 0 Å². The normalized spacial score (nSPS) is 14.6. The Morgan fingerprint density at radius 1 is 1.35 bits per heavy atom. The molecule has 17 heavy (non-hydrogen) atoms. The number of nitrogens with zero attached hydrogens (tertiary/aromatic N) is 2. The maximum Gasteiger partial charge on any atom is 0.407 e. The number of amides is 1. The minimum atomic E-state index is -0.873. The molecule has 1 aromatic rings. The van der Waals surface area contributed by atoms with Gasteiger partial charge < -0.3 is 10.0 Å². The van der Waals surface area contributed by atoms with Crippen molar-refractivity contribution in [3.8, 4) is 11.8 Å². The van der Waals surface area contributed by atoms with E-state index in [4.69, 9.17) is 5.11 Å². The third-order valence-corrected chi connectivity index (χ3v) is 2.53. The van der Waals surface area contributed by atoms with E-state index in [-0.39, 0.29) is 0 Å². The molecule has 4 nitrogen and oxygen atoms in total. The molecule has 1 amide bonds. The summed E-state index contributed by atoms with van der Waals surface area (Å²) in [6.45, 7) is 0.946. The van der Waals surface area contributed by atoms with E-state index in [2.05, 4.69) is 16.8 Å². The van der Waals surface area contributed by atoms with Gasteiger partial charge in [-0.25, -0.2) is 4.79 Å². The third kappa shape index (κ3) is 3.08. The van der Waals surface area contributed by atoms with Crippen molar-refractivity contribution in [2.24, 2.45) is 0 Å². The molecule has 0 saturated carbocycles. The highest BCUT2D eigenvalue weighted by atomic mass is 16.4. The number of hydrogen-bond acceptors (Lipinski definition) is 2. The second-order valence-electron chi connectivity index (χ2n) is 3.69. The highest BCUT2D eigenvalue weighted by Gasteiger charge is 2.14. The molecule has 0 unspecified atom stereocenters. The minimum Gasteiger partial charge on any atom is -0.465 e. The molecule has 1 aromatic heterocycles. The first-order chi connectivity index (χ1) is 8.25. The van der Waals surface area contributed by atoms with Crippen molar-refractivity contribution >= 4 is 6.09 Å². The summed E-state index contributed by atoms with van der Waals surface area (Å²) in [5.74, 6) is 6.10. The zero-order valence-corrected chi connectivity index (χ0v) is 9.26. The Morgan fingerprint density at radius 2 is 2.12 bits per heavy atom. The van der Waals surface area contributed by atoms with Crippen LogP contribution < -0.4 is 0 Å². The number of carbonyl (C=O) groups is 1. The maximum absolute atomic E-state index is 10.7. The van der Waals surface area contributed by atoms with Gasteiger partial charge in [-0.3, -0.25) is 4.98 Å². The van der Waals surface area contributed by atoms with E-state index in [1.807, 2.05) is 18.2 Å². The van der Waals surface area contributed by atoms with Crippen LogP contribution in [0.4, 0.5) is 4.79 Å². The summed E-state index contributed by atoms with van der Waals surface area (Å²) in [5, 5.41) is 8.79. The Hall–Kier alpha value is -2.28. The van der Waals surface area contributed by atoms with Crippen LogP contribution in [0.3, 0.4) is 0 Å². The van der Waals surface area contributed by atoms with Crippen LogP contribution in [0.25, 0.3) is 0 Å². The van der Waals surface area contributed by atoms with Crippen molar-refractivity contribution in [2.75, 3.05) is 13.1 Å². The molecule has 4 heteroatoms. The zero-order chi connectivity index (χ0) is 12.1. The van der Waals surface area contributed by atoms with Crippen molar-refractivity contribution < 1.29 is 9.90 Å². The highest BCUT2D eigenvalue weighted by molar-refractivity contribution is 5.65. The fourth-order valence-corrected chi connectivity index (χ4v) is 1.54. The highest BCUT2D eigenvalue weighted by Crippen LogP contribution is 2.09. The smallest absolute Gasteiger partial charge is 0.407 e. The summed E-state index contributed by atoms with van der Waals surface area (Å²) in [6.07, 6.45) is 5.08. The fraction of sp³-hybridized carbons (Fsp3) is 0.231. The second kappa shape index (κ2) is 5.17. The Bertz CT molecular complexity index is 497. The molecule has 2 heterocycles.